The first kappa shape index (κ1) is 18.7. The molecule has 4 aromatic rings. The second-order valence-corrected chi connectivity index (χ2v) is 8.98. The highest BCUT2D eigenvalue weighted by Gasteiger charge is 2.29. The molecule has 0 saturated carbocycles. The van der Waals surface area contributed by atoms with Gasteiger partial charge < -0.3 is 14.7 Å². The number of benzene rings is 1. The molecule has 2 atom stereocenters. The van der Waals surface area contributed by atoms with E-state index in [1.165, 1.54) is 0 Å². The normalized spacial score (nSPS) is 18.2. The number of morpholine rings is 1. The smallest absolute Gasteiger partial charge is 0.172 e. The van der Waals surface area contributed by atoms with Crippen molar-refractivity contribution in [1.82, 2.24) is 9.97 Å². The zero-order valence-corrected chi connectivity index (χ0v) is 17.4. The van der Waals surface area contributed by atoms with E-state index in [0.29, 0.717) is 19.6 Å². The molecule has 1 aliphatic heterocycles. The molecule has 0 aliphatic carbocycles. The average molecular weight is 424 g/mol. The maximum atomic E-state index is 10.7. The SMILES string of the molecule is OC(CC1COCCN1c1nc(-c2cccs2)nc2ccccc12)c1cccs1. The lowest BCUT2D eigenvalue weighted by atomic mass is 10.0. The molecule has 1 N–H and O–H groups in total. The summed E-state index contributed by atoms with van der Waals surface area (Å²) in [5.74, 6) is 1.67. The molecule has 1 aromatic carbocycles. The van der Waals surface area contributed by atoms with Gasteiger partial charge in [0.2, 0.25) is 0 Å². The molecule has 29 heavy (non-hydrogen) atoms. The van der Waals surface area contributed by atoms with Crippen LogP contribution in [0.4, 0.5) is 5.82 Å². The lowest BCUT2D eigenvalue weighted by Gasteiger charge is -2.38. The predicted octanol–water partition coefficient (Wildman–Crippen LogP) is 4.75. The molecule has 0 radical (unpaired) electrons. The summed E-state index contributed by atoms with van der Waals surface area (Å²) in [7, 11) is 0. The molecule has 5 nitrogen and oxygen atoms in total. The topological polar surface area (TPSA) is 58.5 Å². The van der Waals surface area contributed by atoms with Gasteiger partial charge in [-0.25, -0.2) is 9.97 Å². The fourth-order valence-corrected chi connectivity index (χ4v) is 5.16. The van der Waals surface area contributed by atoms with Gasteiger partial charge in [-0.05, 0) is 35.0 Å². The van der Waals surface area contributed by atoms with E-state index < -0.39 is 6.10 Å². The Balaban J connectivity index is 1.55. The van der Waals surface area contributed by atoms with E-state index in [-0.39, 0.29) is 6.04 Å². The predicted molar refractivity (Wildman–Crippen MR) is 119 cm³/mol. The van der Waals surface area contributed by atoms with Gasteiger partial charge in [0.05, 0.1) is 35.8 Å². The van der Waals surface area contributed by atoms with Crippen molar-refractivity contribution in [3.63, 3.8) is 0 Å². The quantitative estimate of drug-likeness (QED) is 0.502. The maximum absolute atomic E-state index is 10.7. The second kappa shape index (κ2) is 8.20. The highest BCUT2D eigenvalue weighted by molar-refractivity contribution is 7.13. The highest BCUT2D eigenvalue weighted by Crippen LogP contribution is 2.33. The van der Waals surface area contributed by atoms with Crippen LogP contribution in [-0.4, -0.2) is 40.9 Å². The second-order valence-electron chi connectivity index (χ2n) is 7.05. The Morgan fingerprint density at radius 2 is 1.93 bits per heavy atom. The number of aromatic nitrogens is 2. The molecule has 2 unspecified atom stereocenters. The highest BCUT2D eigenvalue weighted by atomic mass is 32.1. The van der Waals surface area contributed by atoms with Crippen LogP contribution < -0.4 is 4.90 Å². The Morgan fingerprint density at radius 3 is 2.76 bits per heavy atom. The van der Waals surface area contributed by atoms with Gasteiger partial charge in [-0.3, -0.25) is 0 Å². The van der Waals surface area contributed by atoms with Crippen LogP contribution in [0.15, 0.2) is 59.3 Å². The first-order valence-corrected chi connectivity index (χ1v) is 11.4. The van der Waals surface area contributed by atoms with Crippen molar-refractivity contribution in [3.8, 4) is 10.7 Å². The number of ether oxygens (including phenoxy) is 1. The van der Waals surface area contributed by atoms with Gasteiger partial charge in [0.15, 0.2) is 5.82 Å². The fourth-order valence-electron chi connectivity index (χ4n) is 3.78. The molecule has 148 valence electrons. The molecule has 0 bridgehead atoms. The van der Waals surface area contributed by atoms with E-state index in [4.69, 9.17) is 14.7 Å². The first-order chi connectivity index (χ1) is 14.3. The largest absolute Gasteiger partial charge is 0.387 e. The van der Waals surface area contributed by atoms with E-state index in [1.807, 2.05) is 47.2 Å². The Kier molecular flexibility index (Phi) is 5.28. The molecule has 5 rings (SSSR count). The third kappa shape index (κ3) is 3.79. The summed E-state index contributed by atoms with van der Waals surface area (Å²) in [4.78, 5) is 14.1. The number of nitrogens with zero attached hydrogens (tertiary/aromatic N) is 3. The van der Waals surface area contributed by atoms with E-state index >= 15 is 0 Å². The van der Waals surface area contributed by atoms with Crippen molar-refractivity contribution < 1.29 is 9.84 Å². The number of thiophene rings is 2. The Morgan fingerprint density at radius 1 is 1.07 bits per heavy atom. The van der Waals surface area contributed by atoms with Gasteiger partial charge in [0.25, 0.3) is 0 Å². The molecule has 7 heteroatoms. The Labute approximate surface area is 177 Å². The zero-order chi connectivity index (χ0) is 19.6. The number of hydrogen-bond donors (Lipinski definition) is 1. The number of rotatable bonds is 5. The summed E-state index contributed by atoms with van der Waals surface area (Å²) in [6.07, 6.45) is 0.0989. The molecule has 3 aromatic heterocycles. The van der Waals surface area contributed by atoms with Crippen LogP contribution in [-0.2, 0) is 4.74 Å². The minimum absolute atomic E-state index is 0.0512. The number of fused-ring (bicyclic) bond motifs is 1. The maximum Gasteiger partial charge on any atom is 0.172 e. The van der Waals surface area contributed by atoms with Crippen LogP contribution in [0.25, 0.3) is 21.6 Å². The van der Waals surface area contributed by atoms with Crippen molar-refractivity contribution in [2.24, 2.45) is 0 Å². The average Bonchev–Trinajstić information content (AvgIpc) is 3.48. The summed E-state index contributed by atoms with van der Waals surface area (Å²) in [5.41, 5.74) is 0.935. The van der Waals surface area contributed by atoms with Crippen molar-refractivity contribution >= 4 is 39.4 Å². The first-order valence-electron chi connectivity index (χ1n) is 9.66. The van der Waals surface area contributed by atoms with Crippen molar-refractivity contribution in [3.05, 3.63) is 64.2 Å². The monoisotopic (exact) mass is 423 g/mol. The van der Waals surface area contributed by atoms with Crippen molar-refractivity contribution in [1.29, 1.82) is 0 Å². The van der Waals surface area contributed by atoms with Crippen LogP contribution in [0.3, 0.4) is 0 Å². The van der Waals surface area contributed by atoms with Gasteiger partial charge in [0, 0.05) is 23.2 Å². The minimum Gasteiger partial charge on any atom is -0.387 e. The van der Waals surface area contributed by atoms with Crippen LogP contribution in [0.1, 0.15) is 17.4 Å². The van der Waals surface area contributed by atoms with E-state index in [2.05, 4.69) is 17.0 Å². The van der Waals surface area contributed by atoms with Crippen LogP contribution in [0.5, 0.6) is 0 Å². The summed E-state index contributed by atoms with van der Waals surface area (Å²) in [6, 6.07) is 16.2. The number of anilines is 1. The van der Waals surface area contributed by atoms with Crippen LogP contribution in [0.2, 0.25) is 0 Å². The molecule has 1 fully saturated rings. The zero-order valence-electron chi connectivity index (χ0n) is 15.8. The van der Waals surface area contributed by atoms with Gasteiger partial charge in [0.1, 0.15) is 5.82 Å². The third-order valence-electron chi connectivity index (χ3n) is 5.19. The van der Waals surface area contributed by atoms with E-state index in [9.17, 15) is 5.11 Å². The van der Waals surface area contributed by atoms with Crippen molar-refractivity contribution in [2.75, 3.05) is 24.7 Å². The molecule has 0 amide bonds. The van der Waals surface area contributed by atoms with Gasteiger partial charge in [-0.1, -0.05) is 24.3 Å². The minimum atomic E-state index is -0.505. The summed E-state index contributed by atoms with van der Waals surface area (Å²) < 4.78 is 5.78. The summed E-state index contributed by atoms with van der Waals surface area (Å²) in [5, 5.41) is 15.8. The number of para-hydroxylation sites is 1. The number of aliphatic hydroxyl groups excluding tert-OH is 1. The third-order valence-corrected chi connectivity index (χ3v) is 7.03. The Hall–Kier alpha value is -2.32. The standard InChI is InChI=1S/C22H21N3O2S2/c26-18(19-7-3-11-28-19)13-15-14-27-10-9-25(15)22-16-5-1-2-6-17(16)23-21(24-22)20-8-4-12-29-20/h1-8,11-12,15,18,26H,9-10,13-14H2. The molecule has 4 heterocycles. The molecular formula is C22H21N3O2S2. The fraction of sp³-hybridized carbons (Fsp3) is 0.273. The summed E-state index contributed by atoms with van der Waals surface area (Å²) in [6.45, 7) is 1.97. The molecular weight excluding hydrogens is 402 g/mol. The Bertz CT molecular complexity index is 1080. The number of hydrogen-bond acceptors (Lipinski definition) is 7. The number of aliphatic hydroxyl groups is 1. The van der Waals surface area contributed by atoms with E-state index in [1.54, 1.807) is 22.7 Å². The van der Waals surface area contributed by atoms with Gasteiger partial charge in [-0.2, -0.15) is 0 Å². The van der Waals surface area contributed by atoms with Crippen molar-refractivity contribution in [2.45, 2.75) is 18.6 Å². The summed E-state index contributed by atoms with van der Waals surface area (Å²) >= 11 is 3.23. The van der Waals surface area contributed by atoms with Gasteiger partial charge >= 0.3 is 0 Å². The molecule has 1 aliphatic rings. The van der Waals surface area contributed by atoms with Gasteiger partial charge in [-0.15, -0.1) is 22.7 Å². The van der Waals surface area contributed by atoms with Crippen LogP contribution in [0, 0.1) is 0 Å². The molecule has 0 spiro atoms. The molecule has 1 saturated heterocycles. The van der Waals surface area contributed by atoms with Crippen LogP contribution >= 0.6 is 22.7 Å². The lowest BCUT2D eigenvalue weighted by molar-refractivity contribution is 0.0686. The lowest BCUT2D eigenvalue weighted by Crippen LogP contribution is -2.46. The van der Waals surface area contributed by atoms with E-state index in [0.717, 1.165) is 38.8 Å².